The molecule has 0 saturated carbocycles. The van der Waals surface area contributed by atoms with E-state index in [0.717, 1.165) is 44.2 Å². The second kappa shape index (κ2) is 10.8. The summed E-state index contributed by atoms with van der Waals surface area (Å²) in [4.78, 5) is 25.9. The molecule has 0 unspecified atom stereocenters. The lowest BCUT2D eigenvalue weighted by Crippen LogP contribution is -2.34. The molecule has 1 fully saturated rings. The topological polar surface area (TPSA) is 73.4 Å². The van der Waals surface area contributed by atoms with Crippen LogP contribution in [0.3, 0.4) is 0 Å². The van der Waals surface area contributed by atoms with E-state index in [0.29, 0.717) is 18.1 Å². The van der Waals surface area contributed by atoms with E-state index in [1.807, 2.05) is 30.3 Å². The van der Waals surface area contributed by atoms with E-state index >= 15 is 0 Å². The van der Waals surface area contributed by atoms with Gasteiger partial charge in [-0.05, 0) is 62.7 Å². The first-order valence-corrected chi connectivity index (χ1v) is 10.6. The average molecular weight is 397 g/mol. The van der Waals surface area contributed by atoms with Crippen LogP contribution in [0.5, 0.6) is 0 Å². The Bertz CT molecular complexity index is 769. The molecule has 0 spiro atoms. The summed E-state index contributed by atoms with van der Waals surface area (Å²) in [6.07, 6.45) is 5.51. The molecule has 0 aliphatic carbocycles. The molecule has 7 nitrogen and oxygen atoms in total. The summed E-state index contributed by atoms with van der Waals surface area (Å²) >= 11 is 0. The number of hydrogen-bond acceptors (Lipinski definition) is 6. The number of carbonyl (C=O) groups is 1. The number of nitrogens with zero attached hydrogens (tertiary/aromatic N) is 4. The number of hydrogen-bond donors (Lipinski definition) is 2. The van der Waals surface area contributed by atoms with Crippen molar-refractivity contribution in [3.05, 3.63) is 42.1 Å². The first-order valence-electron chi connectivity index (χ1n) is 10.6. The summed E-state index contributed by atoms with van der Waals surface area (Å²) in [5.74, 6) is 1.49. The Kier molecular flexibility index (Phi) is 7.81. The predicted molar refractivity (Wildman–Crippen MR) is 118 cm³/mol. The molecule has 0 atom stereocenters. The van der Waals surface area contributed by atoms with Gasteiger partial charge in [-0.1, -0.05) is 13.8 Å². The second-order valence-corrected chi connectivity index (χ2v) is 7.27. The molecule has 1 amide bonds. The Morgan fingerprint density at radius 2 is 1.79 bits per heavy atom. The molecule has 1 saturated heterocycles. The van der Waals surface area contributed by atoms with E-state index in [1.165, 1.54) is 19.3 Å². The van der Waals surface area contributed by atoms with Crippen molar-refractivity contribution in [2.24, 2.45) is 0 Å². The van der Waals surface area contributed by atoms with E-state index in [9.17, 15) is 4.79 Å². The maximum atomic E-state index is 12.3. The summed E-state index contributed by atoms with van der Waals surface area (Å²) in [5, 5.41) is 6.22. The lowest BCUT2D eigenvalue weighted by molar-refractivity contribution is 0.0949. The largest absolute Gasteiger partial charge is 0.356 e. The zero-order chi connectivity index (χ0) is 20.5. The van der Waals surface area contributed by atoms with Crippen molar-refractivity contribution in [1.82, 2.24) is 20.2 Å². The van der Waals surface area contributed by atoms with Crippen LogP contribution in [0.4, 0.5) is 17.5 Å². The van der Waals surface area contributed by atoms with Crippen molar-refractivity contribution in [3.8, 4) is 0 Å². The number of aromatic nitrogens is 2. The third kappa shape index (κ3) is 6.15. The van der Waals surface area contributed by atoms with Crippen molar-refractivity contribution in [2.75, 3.05) is 49.5 Å². The molecule has 0 radical (unpaired) electrons. The van der Waals surface area contributed by atoms with E-state index in [1.54, 1.807) is 6.20 Å². The Morgan fingerprint density at radius 3 is 2.48 bits per heavy atom. The van der Waals surface area contributed by atoms with Crippen LogP contribution in [0.1, 0.15) is 43.5 Å². The molecule has 3 rings (SSSR count). The summed E-state index contributed by atoms with van der Waals surface area (Å²) in [6.45, 7) is 9.86. The third-order valence-corrected chi connectivity index (χ3v) is 5.33. The molecule has 2 aromatic rings. The van der Waals surface area contributed by atoms with Crippen LogP contribution in [0.2, 0.25) is 0 Å². The van der Waals surface area contributed by atoms with Crippen LogP contribution < -0.4 is 15.5 Å². The molecule has 1 aromatic heterocycles. The van der Waals surface area contributed by atoms with E-state index < -0.39 is 0 Å². The molecular formula is C22H32N6O. The van der Waals surface area contributed by atoms with Crippen LogP contribution in [-0.4, -0.2) is 60.0 Å². The van der Waals surface area contributed by atoms with Crippen LogP contribution in [-0.2, 0) is 0 Å². The highest BCUT2D eigenvalue weighted by atomic mass is 16.1. The predicted octanol–water partition coefficient (Wildman–Crippen LogP) is 3.28. The van der Waals surface area contributed by atoms with Crippen LogP contribution in [0.15, 0.2) is 36.5 Å². The molecule has 0 bridgehead atoms. The normalized spacial score (nSPS) is 14.1. The number of amides is 1. The monoisotopic (exact) mass is 396 g/mol. The second-order valence-electron chi connectivity index (χ2n) is 7.27. The Hall–Kier alpha value is -2.67. The summed E-state index contributed by atoms with van der Waals surface area (Å²) in [6, 6.07) is 9.38. The fourth-order valence-corrected chi connectivity index (χ4v) is 3.51. The summed E-state index contributed by atoms with van der Waals surface area (Å²) < 4.78 is 0. The number of carbonyl (C=O) groups excluding carboxylic acids is 1. The zero-order valence-corrected chi connectivity index (χ0v) is 17.5. The minimum atomic E-state index is -0.0490. The fraction of sp³-hybridized carbons (Fsp3) is 0.500. The first kappa shape index (κ1) is 21.0. The average Bonchev–Trinajstić information content (AvgIpc) is 2.78. The molecule has 156 valence electrons. The van der Waals surface area contributed by atoms with Crippen LogP contribution in [0.25, 0.3) is 0 Å². The summed E-state index contributed by atoms with van der Waals surface area (Å²) in [7, 11) is 0. The van der Waals surface area contributed by atoms with Crippen molar-refractivity contribution >= 4 is 23.4 Å². The van der Waals surface area contributed by atoms with Crippen molar-refractivity contribution < 1.29 is 4.79 Å². The quantitative estimate of drug-likeness (QED) is 0.678. The van der Waals surface area contributed by atoms with Crippen LogP contribution >= 0.6 is 0 Å². The van der Waals surface area contributed by atoms with Gasteiger partial charge in [0.15, 0.2) is 0 Å². The molecule has 2 N–H and O–H groups in total. The van der Waals surface area contributed by atoms with Gasteiger partial charge in [-0.15, -0.1) is 0 Å². The number of likely N-dealkylation sites (N-methyl/N-ethyl adjacent to an activating group) is 1. The standard InChI is InChI=1S/C22H32N6O/c1-3-27(4-2)17-14-23-21(29)18-8-10-19(11-9-18)25-22-24-13-12-20(26-22)28-15-6-5-7-16-28/h8-13H,3-7,14-17H2,1-2H3,(H,23,29)(H,24,25,26). The third-order valence-electron chi connectivity index (χ3n) is 5.33. The minimum absolute atomic E-state index is 0.0490. The maximum absolute atomic E-state index is 12.3. The molecular weight excluding hydrogens is 364 g/mol. The fourth-order valence-electron chi connectivity index (χ4n) is 3.51. The van der Waals surface area contributed by atoms with Gasteiger partial charge in [-0.2, -0.15) is 4.98 Å². The number of nitrogens with one attached hydrogen (secondary N) is 2. The maximum Gasteiger partial charge on any atom is 0.251 e. The SMILES string of the molecule is CCN(CC)CCNC(=O)c1ccc(Nc2nccc(N3CCCCC3)n2)cc1. The van der Waals surface area contributed by atoms with Gasteiger partial charge < -0.3 is 20.4 Å². The van der Waals surface area contributed by atoms with Gasteiger partial charge in [0.05, 0.1) is 0 Å². The Morgan fingerprint density at radius 1 is 1.07 bits per heavy atom. The van der Waals surface area contributed by atoms with Gasteiger partial charge in [0, 0.05) is 43.6 Å². The van der Waals surface area contributed by atoms with Gasteiger partial charge in [0.2, 0.25) is 5.95 Å². The minimum Gasteiger partial charge on any atom is -0.356 e. The van der Waals surface area contributed by atoms with Crippen molar-refractivity contribution in [3.63, 3.8) is 0 Å². The van der Waals surface area contributed by atoms with Crippen molar-refractivity contribution in [1.29, 1.82) is 0 Å². The van der Waals surface area contributed by atoms with Gasteiger partial charge in [-0.3, -0.25) is 4.79 Å². The molecule has 1 aliphatic rings. The molecule has 1 aromatic carbocycles. The smallest absolute Gasteiger partial charge is 0.251 e. The van der Waals surface area contributed by atoms with E-state index in [2.05, 4.69) is 44.2 Å². The molecule has 2 heterocycles. The Labute approximate surface area is 173 Å². The first-order chi connectivity index (χ1) is 14.2. The zero-order valence-electron chi connectivity index (χ0n) is 17.5. The lowest BCUT2D eigenvalue weighted by atomic mass is 10.1. The Balaban J connectivity index is 1.54. The number of piperidine rings is 1. The highest BCUT2D eigenvalue weighted by molar-refractivity contribution is 5.94. The lowest BCUT2D eigenvalue weighted by Gasteiger charge is -2.27. The van der Waals surface area contributed by atoms with Crippen LogP contribution in [0, 0.1) is 0 Å². The molecule has 29 heavy (non-hydrogen) atoms. The number of anilines is 3. The summed E-state index contributed by atoms with van der Waals surface area (Å²) in [5.41, 5.74) is 1.51. The van der Waals surface area contributed by atoms with Gasteiger partial charge in [0.25, 0.3) is 5.91 Å². The molecule has 1 aliphatic heterocycles. The highest BCUT2D eigenvalue weighted by Gasteiger charge is 2.13. The number of rotatable bonds is 9. The highest BCUT2D eigenvalue weighted by Crippen LogP contribution is 2.20. The van der Waals surface area contributed by atoms with E-state index in [-0.39, 0.29) is 5.91 Å². The molecule has 7 heteroatoms. The van der Waals surface area contributed by atoms with E-state index in [4.69, 9.17) is 0 Å². The van der Waals surface area contributed by atoms with Gasteiger partial charge in [-0.25, -0.2) is 4.98 Å². The van der Waals surface area contributed by atoms with Gasteiger partial charge in [0.1, 0.15) is 5.82 Å². The van der Waals surface area contributed by atoms with Crippen molar-refractivity contribution in [2.45, 2.75) is 33.1 Å². The van der Waals surface area contributed by atoms with Gasteiger partial charge >= 0.3 is 0 Å². The number of benzene rings is 1.